The molecule has 0 aliphatic carbocycles. The van der Waals surface area contributed by atoms with Gasteiger partial charge in [-0.25, -0.2) is 0 Å². The van der Waals surface area contributed by atoms with Gasteiger partial charge in [0, 0.05) is 0 Å². The van der Waals surface area contributed by atoms with Gasteiger partial charge < -0.3 is 60.3 Å². The van der Waals surface area contributed by atoms with Crippen molar-refractivity contribution in [1.29, 1.82) is 0 Å². The third-order valence-corrected chi connectivity index (χ3v) is 0. The molecule has 0 bridgehead atoms. The Morgan fingerprint density at radius 2 is 0.200 bits per heavy atom. The zero-order chi connectivity index (χ0) is 14.3. The fourth-order valence-corrected chi connectivity index (χ4v) is 0. The van der Waals surface area contributed by atoms with Gasteiger partial charge in [0.2, 0.25) is 0 Å². The second-order valence-electron chi connectivity index (χ2n) is 1.15. The van der Waals surface area contributed by atoms with E-state index in [1.54, 1.807) is 0 Å². The largest absolute Gasteiger partial charge is 1.00 e. The van der Waals surface area contributed by atoms with E-state index in [1.807, 2.05) is 0 Å². The molecule has 0 amide bonds. The maximum atomic E-state index is 8.42. The summed E-state index contributed by atoms with van der Waals surface area (Å²) in [4.78, 5) is 0. The van der Waals surface area contributed by atoms with E-state index < -0.39 is 29.3 Å². The molecule has 0 aromatic heterocycles. The van der Waals surface area contributed by atoms with Crippen molar-refractivity contribution in [2.24, 2.45) is 0 Å². The van der Waals surface area contributed by atoms with Crippen LogP contribution in [0, 0.1) is 0 Å². The van der Waals surface area contributed by atoms with Gasteiger partial charge in [0.25, 0.3) is 0 Å². The summed E-state index contributed by atoms with van der Waals surface area (Å²) in [5.74, 6) is 0. The first kappa shape index (κ1) is 122. The maximum absolute atomic E-state index is 8.42. The van der Waals surface area contributed by atoms with Gasteiger partial charge in [-0.05, 0) is 0 Å². The minimum absolute atomic E-state index is 0. The molecule has 0 saturated heterocycles. The predicted molar refractivity (Wildman–Crippen MR) is 37.5 cm³/mol. The van der Waals surface area contributed by atoms with E-state index >= 15 is 0 Å². The number of hydrogen-bond acceptors (Lipinski definition) is 12. The van der Waals surface area contributed by atoms with Crippen LogP contribution in [-0.2, 0) is 0 Å². The standard InChI is InChI=1S/4BO3.2ClH.12Na/c4*2-1(3)4;;;;;;;;;;;;;;/h;;;;2*1H;;;;;;;;;;;;/q4*-3;;;12*+1. The van der Waals surface area contributed by atoms with E-state index in [1.165, 1.54) is 0 Å². The molecule has 0 rings (SSSR count). The van der Waals surface area contributed by atoms with Crippen molar-refractivity contribution >= 4 is 54.1 Å². The Balaban J connectivity index is -0.00000000346. The summed E-state index contributed by atoms with van der Waals surface area (Å²) >= 11 is 0. The smallest absolute Gasteiger partial charge is 0.907 e. The third kappa shape index (κ3) is 409. The molecular formula is H2B4Cl2Na12O12. The van der Waals surface area contributed by atoms with Crippen molar-refractivity contribution in [1.82, 2.24) is 0 Å². The quantitative estimate of drug-likeness (QED) is 0.240. The van der Waals surface area contributed by atoms with Gasteiger partial charge in [0.15, 0.2) is 0 Å². The molecule has 12 nitrogen and oxygen atoms in total. The van der Waals surface area contributed by atoms with Gasteiger partial charge in [-0.15, -0.1) is 24.8 Å². The van der Waals surface area contributed by atoms with Crippen LogP contribution in [0.15, 0.2) is 0 Å². The predicted octanol–water partition coefficient (Wildman–Crippen LogP) is -50.9. The summed E-state index contributed by atoms with van der Waals surface area (Å²) in [6, 6.07) is 0. The van der Waals surface area contributed by atoms with Crippen molar-refractivity contribution < 1.29 is 415 Å². The SMILES string of the molecule is Cl.Cl.[Na+].[Na+].[Na+].[Na+].[Na+].[Na+].[Na+].[Na+].[Na+].[Na+].[Na+].[Na+].[O-]B([O-])[O-].[O-]B([O-])[O-].[O-]B([O-])[O-].[O-]B([O-])[O-]. The van der Waals surface area contributed by atoms with Crippen LogP contribution in [0.3, 0.4) is 0 Å². The molecule has 0 aromatic carbocycles. The maximum Gasteiger partial charge on any atom is 1.00 e. The Morgan fingerprint density at radius 3 is 0.200 bits per heavy atom. The number of halogens is 2. The van der Waals surface area contributed by atoms with Gasteiger partial charge in [-0.3, -0.25) is 29.3 Å². The average molecular weight is 584 g/mol. The fourth-order valence-electron chi connectivity index (χ4n) is 0. The number of rotatable bonds is 0. The third-order valence-electron chi connectivity index (χ3n) is 0. The van der Waals surface area contributed by atoms with Crippen LogP contribution in [0.5, 0.6) is 0 Å². The Kier molecular flexibility index (Phi) is 462. The molecule has 0 heterocycles. The summed E-state index contributed by atoms with van der Waals surface area (Å²) in [5.41, 5.74) is 0. The molecule has 0 radical (unpaired) electrons. The zero-order valence-electron chi connectivity index (χ0n) is 20.0. The Labute approximate surface area is 456 Å². The Bertz CT molecular complexity index is 94.2. The Hall–Kier alpha value is 12.4. The van der Waals surface area contributed by atoms with Gasteiger partial charge in [-0.2, -0.15) is 0 Å². The van der Waals surface area contributed by atoms with Crippen LogP contribution >= 0.6 is 24.8 Å². The van der Waals surface area contributed by atoms with Crippen LogP contribution in [0.25, 0.3) is 0 Å². The van der Waals surface area contributed by atoms with Crippen molar-refractivity contribution in [2.75, 3.05) is 0 Å². The molecule has 0 aliphatic rings. The van der Waals surface area contributed by atoms with Gasteiger partial charge >= 0.3 is 355 Å². The first-order chi connectivity index (χ1) is 6.93. The molecule has 30 heteroatoms. The van der Waals surface area contributed by atoms with E-state index in [0.29, 0.717) is 0 Å². The Morgan fingerprint density at radius 1 is 0.200 bits per heavy atom. The second kappa shape index (κ2) is 114. The van der Waals surface area contributed by atoms with Crippen molar-refractivity contribution in [2.45, 2.75) is 0 Å². The van der Waals surface area contributed by atoms with Crippen LogP contribution in [0.4, 0.5) is 0 Å². The van der Waals surface area contributed by atoms with Gasteiger partial charge in [0.05, 0.1) is 0 Å². The van der Waals surface area contributed by atoms with E-state index in [9.17, 15) is 0 Å². The second-order valence-corrected chi connectivity index (χ2v) is 1.15. The van der Waals surface area contributed by atoms with Crippen LogP contribution < -0.4 is 415 Å². The van der Waals surface area contributed by atoms with Crippen LogP contribution in [0.2, 0.25) is 0 Å². The monoisotopic (exact) mass is 584 g/mol. The van der Waals surface area contributed by atoms with E-state index in [0.717, 1.165) is 0 Å². The average Bonchev–Trinajstić information content (AvgIpc) is 1.76. The first-order valence-corrected chi connectivity index (χ1v) is 2.83. The molecule has 0 aromatic rings. The summed E-state index contributed by atoms with van der Waals surface area (Å²) in [6.07, 6.45) is 0. The summed E-state index contributed by atoms with van der Waals surface area (Å²) in [6.45, 7) is 0. The van der Waals surface area contributed by atoms with Gasteiger partial charge in [0.1, 0.15) is 0 Å². The summed E-state index contributed by atoms with van der Waals surface area (Å²) in [7, 11) is -11.7. The van der Waals surface area contributed by atoms with E-state index in [-0.39, 0.29) is 380 Å². The fraction of sp³-hybridized carbons (Fsp3) is 0. The summed E-state index contributed by atoms with van der Waals surface area (Å²) < 4.78 is 0. The van der Waals surface area contributed by atoms with E-state index in [2.05, 4.69) is 0 Å². The summed E-state index contributed by atoms with van der Waals surface area (Å²) in [5, 5.41) is 101. The zero-order valence-corrected chi connectivity index (χ0v) is 45.7. The molecular weight excluding hydrogens is 582 g/mol. The minimum Gasteiger partial charge on any atom is -0.907 e. The number of hydrogen-bond donors (Lipinski definition) is 0. The van der Waals surface area contributed by atoms with E-state index in [4.69, 9.17) is 60.3 Å². The van der Waals surface area contributed by atoms with Crippen LogP contribution in [-0.4, -0.2) is 29.3 Å². The molecule has 0 fully saturated rings. The van der Waals surface area contributed by atoms with Crippen LogP contribution in [0.1, 0.15) is 0 Å². The molecule has 0 spiro atoms. The molecule has 0 N–H and O–H groups in total. The molecule has 0 unspecified atom stereocenters. The van der Waals surface area contributed by atoms with Gasteiger partial charge in [-0.1, -0.05) is 0 Å². The molecule has 0 aliphatic heterocycles. The van der Waals surface area contributed by atoms with Crippen molar-refractivity contribution in [3.8, 4) is 0 Å². The minimum atomic E-state index is -2.92. The molecule has 0 atom stereocenters. The molecule has 112 valence electrons. The van der Waals surface area contributed by atoms with Crippen molar-refractivity contribution in [3.05, 3.63) is 0 Å². The topological polar surface area (TPSA) is 277 Å². The molecule has 0 saturated carbocycles. The molecule has 30 heavy (non-hydrogen) atoms. The normalized spacial score (nSPS) is 3.60. The first-order valence-electron chi connectivity index (χ1n) is 2.83. The van der Waals surface area contributed by atoms with Crippen molar-refractivity contribution in [3.63, 3.8) is 0 Å².